The molecule has 3 rings (SSSR count). The van der Waals surface area contributed by atoms with E-state index in [0.29, 0.717) is 34.4 Å². The van der Waals surface area contributed by atoms with Crippen molar-refractivity contribution in [2.75, 3.05) is 11.9 Å². The Balaban J connectivity index is 2.14. The molecule has 0 aliphatic rings. The third-order valence-electron chi connectivity index (χ3n) is 5.14. The van der Waals surface area contributed by atoms with Crippen molar-refractivity contribution in [1.82, 2.24) is 24.7 Å². The summed E-state index contributed by atoms with van der Waals surface area (Å²) in [7, 11) is 3.49. The van der Waals surface area contributed by atoms with Crippen LogP contribution in [-0.2, 0) is 11.8 Å². The van der Waals surface area contributed by atoms with E-state index in [1.807, 2.05) is 13.8 Å². The van der Waals surface area contributed by atoms with Gasteiger partial charge in [-0.15, -0.1) is 0 Å². The van der Waals surface area contributed by atoms with Gasteiger partial charge in [-0.25, -0.2) is 19.0 Å². The maximum Gasteiger partial charge on any atom is 0.232 e. The molecule has 3 aromatic rings. The summed E-state index contributed by atoms with van der Waals surface area (Å²) in [5.74, 6) is -1.29. The summed E-state index contributed by atoms with van der Waals surface area (Å²) < 4.78 is 15.2. The quantitative estimate of drug-likeness (QED) is 0.473. The van der Waals surface area contributed by atoms with Crippen LogP contribution in [0.2, 0.25) is 0 Å². The number of anilines is 2. The van der Waals surface area contributed by atoms with Gasteiger partial charge in [-0.3, -0.25) is 4.90 Å². The van der Waals surface area contributed by atoms with Gasteiger partial charge in [0.25, 0.3) is 0 Å². The van der Waals surface area contributed by atoms with E-state index in [1.54, 1.807) is 41.9 Å². The molecule has 0 aliphatic carbocycles. The second kappa shape index (κ2) is 10.5. The Morgan fingerprint density at radius 3 is 2.47 bits per heavy atom. The highest BCUT2D eigenvalue weighted by Gasteiger charge is 2.21. The molecule has 2 N–H and O–H groups in total. The molecule has 0 spiro atoms. The first kappa shape index (κ1) is 24.9. The molecule has 2 heterocycles. The van der Waals surface area contributed by atoms with E-state index < -0.39 is 30.4 Å². The number of hydrogen-bond donors (Lipinski definition) is 2. The summed E-state index contributed by atoms with van der Waals surface area (Å²) in [5.41, 5.74) is 2.30. The topological polar surface area (TPSA) is 140 Å². The first-order valence-corrected chi connectivity index (χ1v) is 10.6. The third kappa shape index (κ3) is 5.61. The standard InChI is InChI=1S/C23H27FN6O4/c1-13(2)19-17(10-9-16(31)11-18(32)21(33)34)20(14-5-7-15(24)8-6-14)28-22(27-19)29(3)23-25-12-26-30(23)4/h5-10,12-13,16,18,31-32H,11H2,1-4H3,(H,33,34)/p-1/b10-9+/t16-,18-/m1/s1. The molecule has 1 aromatic carbocycles. The number of carbonyl (C=O) groups excluding carboxylic acids is 1. The minimum atomic E-state index is -1.81. The third-order valence-corrected chi connectivity index (χ3v) is 5.14. The molecule has 34 heavy (non-hydrogen) atoms. The van der Waals surface area contributed by atoms with Gasteiger partial charge in [0.05, 0.1) is 29.6 Å². The Bertz CT molecular complexity index is 1180. The summed E-state index contributed by atoms with van der Waals surface area (Å²) in [6, 6.07) is 5.80. The van der Waals surface area contributed by atoms with Gasteiger partial charge in [-0.1, -0.05) is 26.0 Å². The van der Waals surface area contributed by atoms with E-state index >= 15 is 0 Å². The predicted molar refractivity (Wildman–Crippen MR) is 121 cm³/mol. The molecule has 0 amide bonds. The van der Waals surface area contributed by atoms with Crippen LogP contribution in [0.4, 0.5) is 16.3 Å². The highest BCUT2D eigenvalue weighted by molar-refractivity contribution is 5.75. The molecule has 2 aromatic heterocycles. The molecule has 0 unspecified atom stereocenters. The van der Waals surface area contributed by atoms with E-state index in [-0.39, 0.29) is 5.92 Å². The zero-order valence-electron chi connectivity index (χ0n) is 19.3. The van der Waals surface area contributed by atoms with Crippen LogP contribution in [0.3, 0.4) is 0 Å². The molecule has 10 nitrogen and oxygen atoms in total. The van der Waals surface area contributed by atoms with E-state index in [2.05, 4.69) is 10.1 Å². The summed E-state index contributed by atoms with van der Waals surface area (Å²) in [6.07, 6.45) is 0.850. The van der Waals surface area contributed by atoms with Gasteiger partial charge in [0.2, 0.25) is 11.9 Å². The monoisotopic (exact) mass is 469 g/mol. The zero-order chi connectivity index (χ0) is 25.0. The van der Waals surface area contributed by atoms with Crippen LogP contribution >= 0.6 is 0 Å². The van der Waals surface area contributed by atoms with Crippen molar-refractivity contribution < 1.29 is 24.5 Å². The number of rotatable bonds is 9. The number of carboxylic acids is 1. The van der Waals surface area contributed by atoms with Gasteiger partial charge < -0.3 is 20.1 Å². The molecule has 180 valence electrons. The fourth-order valence-electron chi connectivity index (χ4n) is 3.35. The highest BCUT2D eigenvalue weighted by atomic mass is 19.1. The average Bonchev–Trinajstić information content (AvgIpc) is 3.22. The van der Waals surface area contributed by atoms with Gasteiger partial charge in [0, 0.05) is 31.6 Å². The number of aryl methyl sites for hydroxylation is 1. The van der Waals surface area contributed by atoms with Crippen LogP contribution in [-0.4, -0.2) is 60.2 Å². The predicted octanol–water partition coefficient (Wildman–Crippen LogP) is 1.18. The number of carboxylic acid groups (broad SMARTS) is 1. The van der Waals surface area contributed by atoms with Gasteiger partial charge in [-0.2, -0.15) is 10.1 Å². The van der Waals surface area contributed by atoms with Crippen LogP contribution in [0.15, 0.2) is 36.7 Å². The lowest BCUT2D eigenvalue weighted by atomic mass is 9.97. The van der Waals surface area contributed by atoms with Crippen LogP contribution in [0.5, 0.6) is 0 Å². The van der Waals surface area contributed by atoms with Crippen molar-refractivity contribution in [1.29, 1.82) is 0 Å². The largest absolute Gasteiger partial charge is 0.547 e. The van der Waals surface area contributed by atoms with Gasteiger partial charge in [-0.05, 0) is 30.2 Å². The highest BCUT2D eigenvalue weighted by Crippen LogP contribution is 2.32. The molecule has 0 bridgehead atoms. The van der Waals surface area contributed by atoms with E-state index in [4.69, 9.17) is 9.97 Å². The molecule has 0 saturated heterocycles. The van der Waals surface area contributed by atoms with Gasteiger partial charge in [0.1, 0.15) is 12.1 Å². The van der Waals surface area contributed by atoms with Crippen molar-refractivity contribution in [3.63, 3.8) is 0 Å². The molecule has 0 radical (unpaired) electrons. The summed E-state index contributed by atoms with van der Waals surface area (Å²) in [6.45, 7) is 3.88. The minimum Gasteiger partial charge on any atom is -0.547 e. The Morgan fingerprint density at radius 1 is 1.24 bits per heavy atom. The number of aliphatic hydroxyl groups excluding tert-OH is 2. The first-order valence-electron chi connectivity index (χ1n) is 10.6. The van der Waals surface area contributed by atoms with E-state index in [1.165, 1.54) is 24.5 Å². The summed E-state index contributed by atoms with van der Waals surface area (Å²) in [5, 5.41) is 34.5. The Kier molecular flexibility index (Phi) is 7.69. The maximum absolute atomic E-state index is 13.6. The smallest absolute Gasteiger partial charge is 0.232 e. The molecular formula is C23H26FN6O4-. The molecule has 2 atom stereocenters. The number of nitrogens with zero attached hydrogens (tertiary/aromatic N) is 6. The summed E-state index contributed by atoms with van der Waals surface area (Å²) >= 11 is 0. The lowest BCUT2D eigenvalue weighted by Gasteiger charge is -2.21. The van der Waals surface area contributed by atoms with Crippen molar-refractivity contribution in [2.24, 2.45) is 7.05 Å². The second-order valence-electron chi connectivity index (χ2n) is 8.07. The number of aliphatic carboxylic acids is 1. The number of carbonyl (C=O) groups is 1. The van der Waals surface area contributed by atoms with Crippen LogP contribution in [0, 0.1) is 5.82 Å². The normalized spacial score (nSPS) is 13.4. The first-order chi connectivity index (χ1) is 16.1. The lowest BCUT2D eigenvalue weighted by molar-refractivity contribution is -0.315. The Hall–Kier alpha value is -3.70. The van der Waals surface area contributed by atoms with Crippen LogP contribution in [0.25, 0.3) is 17.3 Å². The fourth-order valence-corrected chi connectivity index (χ4v) is 3.35. The number of aromatic nitrogens is 5. The zero-order valence-corrected chi connectivity index (χ0v) is 19.3. The minimum absolute atomic E-state index is 0.0700. The van der Waals surface area contributed by atoms with E-state index in [9.17, 15) is 24.5 Å². The van der Waals surface area contributed by atoms with Crippen molar-refractivity contribution in [3.8, 4) is 11.3 Å². The number of halogens is 1. The van der Waals surface area contributed by atoms with E-state index in [0.717, 1.165) is 0 Å². The molecule has 11 heteroatoms. The summed E-state index contributed by atoms with van der Waals surface area (Å²) in [4.78, 5) is 26.1. The fraction of sp³-hybridized carbons (Fsp3) is 0.348. The van der Waals surface area contributed by atoms with Gasteiger partial charge in [0.15, 0.2) is 0 Å². The Labute approximate surface area is 196 Å². The van der Waals surface area contributed by atoms with Crippen LogP contribution < -0.4 is 10.0 Å². The molecule has 0 aliphatic heterocycles. The second-order valence-corrected chi connectivity index (χ2v) is 8.07. The number of benzene rings is 1. The molecule has 0 fully saturated rings. The molecular weight excluding hydrogens is 443 g/mol. The lowest BCUT2D eigenvalue weighted by Crippen LogP contribution is -2.37. The van der Waals surface area contributed by atoms with Crippen molar-refractivity contribution >= 4 is 23.9 Å². The number of hydrogen-bond acceptors (Lipinski definition) is 9. The van der Waals surface area contributed by atoms with Crippen molar-refractivity contribution in [2.45, 2.75) is 38.4 Å². The van der Waals surface area contributed by atoms with Gasteiger partial charge >= 0.3 is 0 Å². The Morgan fingerprint density at radius 2 is 1.91 bits per heavy atom. The maximum atomic E-state index is 13.6. The SMILES string of the molecule is CC(C)c1nc(N(C)c2ncnn2C)nc(-c2ccc(F)cc2)c1/C=C/[C@@H](O)C[C@@H](O)C(=O)[O-]. The molecule has 0 saturated carbocycles. The number of aliphatic hydroxyl groups is 2. The van der Waals surface area contributed by atoms with Crippen molar-refractivity contribution in [3.05, 3.63) is 53.7 Å². The average molecular weight is 469 g/mol. The van der Waals surface area contributed by atoms with Crippen LogP contribution in [0.1, 0.15) is 37.4 Å².